The van der Waals surface area contributed by atoms with Crippen molar-refractivity contribution >= 4 is 29.4 Å². The molecule has 0 aliphatic carbocycles. The SMILES string of the molecule is C[N+](C)(C)c1ccc(C=Nc2cccc3c2C(=O)N=NC3=O)cc1. The third kappa shape index (κ3) is 3.04. The normalized spacial score (nSPS) is 14.3. The van der Waals surface area contributed by atoms with Crippen LogP contribution in [0.3, 0.4) is 0 Å². The Balaban J connectivity index is 1.93. The van der Waals surface area contributed by atoms with Crippen LogP contribution in [0.2, 0.25) is 0 Å². The van der Waals surface area contributed by atoms with Crippen LogP contribution in [-0.4, -0.2) is 39.2 Å². The Morgan fingerprint density at radius 3 is 2.25 bits per heavy atom. The molecule has 0 fully saturated rings. The molecule has 2 amide bonds. The number of nitrogens with zero attached hydrogens (tertiary/aromatic N) is 4. The van der Waals surface area contributed by atoms with Crippen LogP contribution in [0.1, 0.15) is 26.3 Å². The fourth-order valence-electron chi connectivity index (χ4n) is 2.40. The van der Waals surface area contributed by atoms with Crippen LogP contribution < -0.4 is 4.48 Å². The third-order valence-corrected chi connectivity index (χ3v) is 3.74. The van der Waals surface area contributed by atoms with Crippen molar-refractivity contribution in [3.63, 3.8) is 0 Å². The summed E-state index contributed by atoms with van der Waals surface area (Å²) in [4.78, 5) is 28.0. The van der Waals surface area contributed by atoms with Gasteiger partial charge in [-0.25, -0.2) is 0 Å². The highest BCUT2D eigenvalue weighted by molar-refractivity contribution is 6.14. The lowest BCUT2D eigenvalue weighted by molar-refractivity contribution is 0.0921. The summed E-state index contributed by atoms with van der Waals surface area (Å²) >= 11 is 0. The summed E-state index contributed by atoms with van der Waals surface area (Å²) in [5.41, 5.74) is 2.94. The summed E-state index contributed by atoms with van der Waals surface area (Å²) in [5, 5.41) is 6.69. The van der Waals surface area contributed by atoms with E-state index in [9.17, 15) is 9.59 Å². The second-order valence-electron chi connectivity index (χ2n) is 6.37. The molecule has 6 heteroatoms. The highest BCUT2D eigenvalue weighted by Crippen LogP contribution is 2.27. The number of rotatable bonds is 3. The van der Waals surface area contributed by atoms with Gasteiger partial charge in [-0.3, -0.25) is 19.1 Å². The maximum Gasteiger partial charge on any atom is 0.298 e. The topological polar surface area (TPSA) is 71.2 Å². The smallest absolute Gasteiger partial charge is 0.298 e. The van der Waals surface area contributed by atoms with Gasteiger partial charge in [-0.15, -0.1) is 10.2 Å². The van der Waals surface area contributed by atoms with Gasteiger partial charge in [-0.05, 0) is 42.0 Å². The molecule has 2 aromatic carbocycles. The molecule has 0 atom stereocenters. The van der Waals surface area contributed by atoms with Crippen LogP contribution in [0, 0.1) is 0 Å². The van der Waals surface area contributed by atoms with Crippen molar-refractivity contribution in [2.45, 2.75) is 0 Å². The van der Waals surface area contributed by atoms with E-state index in [4.69, 9.17) is 0 Å². The van der Waals surface area contributed by atoms with Crippen LogP contribution in [0.25, 0.3) is 0 Å². The molecule has 0 radical (unpaired) electrons. The van der Waals surface area contributed by atoms with Gasteiger partial charge in [0.2, 0.25) is 0 Å². The van der Waals surface area contributed by atoms with Crippen molar-refractivity contribution in [1.82, 2.24) is 4.48 Å². The second kappa shape index (κ2) is 5.90. The minimum Gasteiger partial charge on any atom is -0.298 e. The first-order valence-corrected chi connectivity index (χ1v) is 7.46. The van der Waals surface area contributed by atoms with Crippen molar-refractivity contribution in [3.8, 4) is 0 Å². The molecule has 0 unspecified atom stereocenters. The number of fused-ring (bicyclic) bond motifs is 1. The first kappa shape index (κ1) is 15.9. The molecule has 0 saturated carbocycles. The summed E-state index contributed by atoms with van der Waals surface area (Å²) in [7, 11) is 6.28. The van der Waals surface area contributed by atoms with Gasteiger partial charge in [0.1, 0.15) is 5.69 Å². The maximum absolute atomic E-state index is 11.9. The quantitative estimate of drug-likeness (QED) is 0.642. The van der Waals surface area contributed by atoms with Crippen LogP contribution in [-0.2, 0) is 0 Å². The zero-order chi connectivity index (χ0) is 17.3. The van der Waals surface area contributed by atoms with Gasteiger partial charge in [0.05, 0.1) is 38.0 Å². The molecular weight excluding hydrogens is 304 g/mol. The minimum absolute atomic E-state index is 0.205. The zero-order valence-corrected chi connectivity index (χ0v) is 13.7. The van der Waals surface area contributed by atoms with Crippen molar-refractivity contribution in [1.29, 1.82) is 0 Å². The average molecular weight is 321 g/mol. The lowest BCUT2D eigenvalue weighted by atomic mass is 10.0. The first-order chi connectivity index (χ1) is 11.4. The molecule has 0 aromatic heterocycles. The highest BCUT2D eigenvalue weighted by Gasteiger charge is 2.24. The number of hydrogen-bond acceptors (Lipinski definition) is 3. The third-order valence-electron chi connectivity index (χ3n) is 3.74. The molecule has 1 aliphatic rings. The van der Waals surface area contributed by atoms with Gasteiger partial charge in [0.15, 0.2) is 0 Å². The van der Waals surface area contributed by atoms with Crippen molar-refractivity contribution < 1.29 is 9.59 Å². The monoisotopic (exact) mass is 321 g/mol. The Hall–Kier alpha value is -2.99. The summed E-state index contributed by atoms with van der Waals surface area (Å²) in [6.45, 7) is 0. The van der Waals surface area contributed by atoms with Crippen molar-refractivity contribution in [2.24, 2.45) is 15.2 Å². The second-order valence-corrected chi connectivity index (χ2v) is 6.37. The molecule has 0 bridgehead atoms. The molecular formula is C18H17N4O2+. The molecule has 2 aromatic rings. The fourth-order valence-corrected chi connectivity index (χ4v) is 2.40. The Bertz CT molecular complexity index is 875. The predicted octanol–water partition coefficient (Wildman–Crippen LogP) is 3.38. The standard InChI is InChI=1S/C18H17N4O2/c1-22(2,3)13-9-7-12(8-10-13)11-19-15-6-4-5-14-16(15)18(24)21-20-17(14)23/h4-11H,1-3H3/q+1. The molecule has 1 heterocycles. The number of benzene rings is 2. The molecule has 120 valence electrons. The van der Waals surface area contributed by atoms with Crippen LogP contribution in [0.15, 0.2) is 57.7 Å². The summed E-state index contributed by atoms with van der Waals surface area (Å²) in [5.74, 6) is -1.06. The van der Waals surface area contributed by atoms with E-state index >= 15 is 0 Å². The fraction of sp³-hybridized carbons (Fsp3) is 0.167. The molecule has 0 N–H and O–H groups in total. The largest absolute Gasteiger partial charge is 0.298 e. The van der Waals surface area contributed by atoms with E-state index in [1.165, 1.54) is 5.69 Å². The van der Waals surface area contributed by atoms with Crippen LogP contribution in [0.4, 0.5) is 11.4 Å². The summed E-state index contributed by atoms with van der Waals surface area (Å²) in [6.07, 6.45) is 1.67. The molecule has 24 heavy (non-hydrogen) atoms. The maximum atomic E-state index is 11.9. The Labute approximate surface area is 139 Å². The average Bonchev–Trinajstić information content (AvgIpc) is 2.56. The van der Waals surface area contributed by atoms with Gasteiger partial charge >= 0.3 is 0 Å². The van der Waals surface area contributed by atoms with Gasteiger partial charge in [-0.1, -0.05) is 6.07 Å². The van der Waals surface area contributed by atoms with E-state index in [-0.39, 0.29) is 11.1 Å². The summed E-state index contributed by atoms with van der Waals surface area (Å²) in [6, 6.07) is 12.9. The van der Waals surface area contributed by atoms with E-state index in [1.807, 2.05) is 24.3 Å². The van der Waals surface area contributed by atoms with Crippen molar-refractivity contribution in [2.75, 3.05) is 21.1 Å². The van der Waals surface area contributed by atoms with Gasteiger partial charge in [-0.2, -0.15) is 0 Å². The number of quaternary nitrogens is 1. The van der Waals surface area contributed by atoms with Gasteiger partial charge in [0, 0.05) is 6.21 Å². The van der Waals surface area contributed by atoms with Gasteiger partial charge in [0.25, 0.3) is 11.8 Å². The number of carbonyl (C=O) groups excluding carboxylic acids is 2. The molecule has 0 spiro atoms. The van der Waals surface area contributed by atoms with Crippen LogP contribution >= 0.6 is 0 Å². The van der Waals surface area contributed by atoms with Crippen LogP contribution in [0.5, 0.6) is 0 Å². The minimum atomic E-state index is -0.544. The Kier molecular flexibility index (Phi) is 3.91. The number of amides is 2. The lowest BCUT2D eigenvalue weighted by Crippen LogP contribution is -2.34. The molecule has 6 nitrogen and oxygen atoms in total. The number of carbonyl (C=O) groups is 2. The number of aliphatic imine (C=N–C) groups is 1. The number of hydrogen-bond donors (Lipinski definition) is 0. The van der Waals surface area contributed by atoms with E-state index < -0.39 is 11.8 Å². The first-order valence-electron chi connectivity index (χ1n) is 7.46. The molecule has 1 aliphatic heterocycles. The molecule has 0 saturated heterocycles. The molecule has 3 rings (SSSR count). The van der Waals surface area contributed by atoms with Gasteiger partial charge < -0.3 is 0 Å². The number of azo groups is 1. The van der Waals surface area contributed by atoms with Crippen molar-refractivity contribution in [3.05, 3.63) is 59.2 Å². The van der Waals surface area contributed by atoms with E-state index in [0.717, 1.165) is 10.0 Å². The Morgan fingerprint density at radius 1 is 0.917 bits per heavy atom. The predicted molar refractivity (Wildman–Crippen MR) is 93.2 cm³/mol. The van der Waals surface area contributed by atoms with E-state index in [0.29, 0.717) is 5.69 Å². The highest BCUT2D eigenvalue weighted by atomic mass is 16.2. The zero-order valence-electron chi connectivity index (χ0n) is 13.7. The van der Waals surface area contributed by atoms with E-state index in [2.05, 4.69) is 36.4 Å². The summed E-state index contributed by atoms with van der Waals surface area (Å²) < 4.78 is 0.727. The lowest BCUT2D eigenvalue weighted by Gasteiger charge is -2.23. The van der Waals surface area contributed by atoms with E-state index in [1.54, 1.807) is 24.4 Å². The Morgan fingerprint density at radius 2 is 1.58 bits per heavy atom.